The minimum atomic E-state index is -4.79. The summed E-state index contributed by atoms with van der Waals surface area (Å²) in [4.78, 5) is 19.6. The average molecular weight is 409 g/mol. The number of anilines is 1. The molecule has 0 spiro atoms. The van der Waals surface area contributed by atoms with Crippen molar-refractivity contribution < 1.29 is 22.7 Å². The normalized spacial score (nSPS) is 11.7. The number of nitrogens with zero attached hydrogens (tertiary/aromatic N) is 6. The summed E-state index contributed by atoms with van der Waals surface area (Å²) in [5, 5.41) is 7.80. The highest BCUT2D eigenvalue weighted by Crippen LogP contribution is 2.42. The quantitative estimate of drug-likeness (QED) is 0.643. The van der Waals surface area contributed by atoms with Crippen LogP contribution in [0.1, 0.15) is 24.0 Å². The van der Waals surface area contributed by atoms with Crippen LogP contribution in [0.2, 0.25) is 0 Å². The molecule has 0 bridgehead atoms. The molecule has 0 saturated carbocycles. The lowest BCUT2D eigenvalue weighted by atomic mass is 10.0. The minimum absolute atomic E-state index is 0.101. The van der Waals surface area contributed by atoms with Crippen molar-refractivity contribution in [3.63, 3.8) is 0 Å². The Bertz CT molecular complexity index is 1040. The molecule has 3 heterocycles. The highest BCUT2D eigenvalue weighted by Gasteiger charge is 2.41. The fraction of sp³-hybridized carbons (Fsp3) is 0.353. The summed E-state index contributed by atoms with van der Waals surface area (Å²) in [5.41, 5.74) is 5.25. The molecule has 0 atom stereocenters. The molecule has 0 amide bonds. The molecule has 3 aromatic heterocycles. The van der Waals surface area contributed by atoms with Gasteiger partial charge in [0.2, 0.25) is 0 Å². The number of halogens is 3. The van der Waals surface area contributed by atoms with E-state index in [1.54, 1.807) is 13.8 Å². The van der Waals surface area contributed by atoms with Gasteiger partial charge in [0.25, 0.3) is 5.95 Å². The smallest absolute Gasteiger partial charge is 0.435 e. The second-order valence-corrected chi connectivity index (χ2v) is 6.08. The van der Waals surface area contributed by atoms with Gasteiger partial charge in [0.05, 0.1) is 17.9 Å². The van der Waals surface area contributed by atoms with E-state index in [-0.39, 0.29) is 41.7 Å². The van der Waals surface area contributed by atoms with Crippen LogP contribution in [0.5, 0.6) is 0 Å². The molecule has 3 rings (SSSR count). The van der Waals surface area contributed by atoms with E-state index in [9.17, 15) is 18.0 Å². The maximum Gasteiger partial charge on any atom is 0.435 e. The molecule has 0 aliphatic heterocycles. The molecule has 0 aromatic carbocycles. The van der Waals surface area contributed by atoms with Crippen molar-refractivity contribution in [2.45, 2.75) is 33.5 Å². The van der Waals surface area contributed by atoms with Gasteiger partial charge in [-0.25, -0.2) is 9.97 Å². The summed E-state index contributed by atoms with van der Waals surface area (Å²) >= 11 is 0. The lowest BCUT2D eigenvalue weighted by Crippen LogP contribution is -2.15. The van der Waals surface area contributed by atoms with Gasteiger partial charge in [-0.2, -0.15) is 28.1 Å². The Balaban J connectivity index is 2.20. The summed E-state index contributed by atoms with van der Waals surface area (Å²) < 4.78 is 48.2. The summed E-state index contributed by atoms with van der Waals surface area (Å²) in [6.45, 7) is 4.67. The maximum atomic E-state index is 13.8. The number of carbonyl (C=O) groups excluding carboxylic acids is 1. The summed E-state index contributed by atoms with van der Waals surface area (Å²) in [7, 11) is 0. The van der Waals surface area contributed by atoms with Gasteiger partial charge in [0.15, 0.2) is 5.69 Å². The number of hydrogen-bond donors (Lipinski definition) is 1. The van der Waals surface area contributed by atoms with E-state index in [4.69, 9.17) is 10.5 Å². The van der Waals surface area contributed by atoms with Crippen molar-refractivity contribution in [3.8, 4) is 17.1 Å². The number of rotatable bonds is 5. The van der Waals surface area contributed by atoms with Gasteiger partial charge in [-0.05, 0) is 26.8 Å². The van der Waals surface area contributed by atoms with Crippen molar-refractivity contribution in [1.82, 2.24) is 29.5 Å². The highest BCUT2D eigenvalue weighted by molar-refractivity contribution is 5.81. The predicted molar refractivity (Wildman–Crippen MR) is 95.9 cm³/mol. The second-order valence-electron chi connectivity index (χ2n) is 6.08. The standard InChI is InChI=1S/C17H18F3N7O2/c1-4-29-11(28)8-26-10(3)12(9(2)24-26)13-14(17(18,19)20)25-27(15(13)21)16-22-6-5-7-23-16/h5-7H,4,8,21H2,1-3H3. The van der Waals surface area contributed by atoms with E-state index in [2.05, 4.69) is 20.2 Å². The molecular formula is C17H18F3N7O2. The second kappa shape index (κ2) is 7.53. The number of esters is 1. The third kappa shape index (κ3) is 3.77. The fourth-order valence-corrected chi connectivity index (χ4v) is 2.97. The van der Waals surface area contributed by atoms with Crippen LogP contribution >= 0.6 is 0 Å². The number of hydrogen-bond acceptors (Lipinski definition) is 7. The third-order valence-electron chi connectivity index (χ3n) is 4.15. The Kier molecular flexibility index (Phi) is 5.27. The van der Waals surface area contributed by atoms with E-state index in [0.717, 1.165) is 4.68 Å². The Morgan fingerprint density at radius 2 is 1.83 bits per heavy atom. The van der Waals surface area contributed by atoms with E-state index in [1.165, 1.54) is 30.1 Å². The van der Waals surface area contributed by atoms with Crippen LogP contribution in [0, 0.1) is 13.8 Å². The van der Waals surface area contributed by atoms with E-state index >= 15 is 0 Å². The first-order valence-corrected chi connectivity index (χ1v) is 8.58. The lowest BCUT2D eigenvalue weighted by molar-refractivity contribution is -0.144. The summed E-state index contributed by atoms with van der Waals surface area (Å²) in [6.07, 6.45) is -2.06. The number of nitrogens with two attached hydrogens (primary N) is 1. The fourth-order valence-electron chi connectivity index (χ4n) is 2.97. The number of carbonyl (C=O) groups is 1. The molecule has 154 valence electrons. The van der Waals surface area contributed by atoms with Gasteiger partial charge in [-0.1, -0.05) is 0 Å². The van der Waals surface area contributed by atoms with Crippen molar-refractivity contribution in [3.05, 3.63) is 35.5 Å². The average Bonchev–Trinajstić information content (AvgIpc) is 3.12. The first kappa shape index (κ1) is 20.3. The van der Waals surface area contributed by atoms with Gasteiger partial charge in [-0.3, -0.25) is 9.48 Å². The van der Waals surface area contributed by atoms with Gasteiger partial charge >= 0.3 is 12.1 Å². The van der Waals surface area contributed by atoms with Crippen LogP contribution in [0.4, 0.5) is 19.0 Å². The topological polar surface area (TPSA) is 114 Å². The zero-order valence-electron chi connectivity index (χ0n) is 15.9. The Hall–Kier alpha value is -3.44. The Morgan fingerprint density at radius 1 is 1.17 bits per heavy atom. The number of aryl methyl sites for hydroxylation is 1. The van der Waals surface area contributed by atoms with E-state index < -0.39 is 17.8 Å². The van der Waals surface area contributed by atoms with Gasteiger partial charge in [-0.15, -0.1) is 0 Å². The van der Waals surface area contributed by atoms with Crippen molar-refractivity contribution >= 4 is 11.8 Å². The molecule has 0 aliphatic rings. The predicted octanol–water partition coefficient (Wildman–Crippen LogP) is 2.31. The SMILES string of the molecule is CCOC(=O)Cn1nc(C)c(-c2c(C(F)(F)F)nn(-c3ncccn3)c2N)c1C. The number of nitrogen functional groups attached to an aromatic ring is 1. The zero-order valence-corrected chi connectivity index (χ0v) is 15.9. The van der Waals surface area contributed by atoms with E-state index in [1.807, 2.05) is 0 Å². The summed E-state index contributed by atoms with van der Waals surface area (Å²) in [5.74, 6) is -0.941. The molecule has 0 aliphatic carbocycles. The third-order valence-corrected chi connectivity index (χ3v) is 4.15. The largest absolute Gasteiger partial charge is 0.465 e. The molecule has 3 aromatic rings. The summed E-state index contributed by atoms with van der Waals surface area (Å²) in [6, 6.07) is 1.52. The van der Waals surface area contributed by atoms with E-state index in [0.29, 0.717) is 5.69 Å². The molecule has 9 nitrogen and oxygen atoms in total. The van der Waals surface area contributed by atoms with Crippen LogP contribution in [0.15, 0.2) is 18.5 Å². The molecule has 29 heavy (non-hydrogen) atoms. The molecule has 12 heteroatoms. The molecule has 0 fully saturated rings. The molecule has 0 radical (unpaired) electrons. The van der Waals surface area contributed by atoms with Crippen molar-refractivity contribution in [1.29, 1.82) is 0 Å². The monoisotopic (exact) mass is 409 g/mol. The maximum absolute atomic E-state index is 13.8. The molecular weight excluding hydrogens is 391 g/mol. The highest BCUT2D eigenvalue weighted by atomic mass is 19.4. The number of aromatic nitrogens is 6. The molecule has 2 N–H and O–H groups in total. The van der Waals surface area contributed by atoms with Gasteiger partial charge < -0.3 is 10.5 Å². The Labute approximate surface area is 163 Å². The molecule has 0 unspecified atom stereocenters. The van der Waals surface area contributed by atoms with Crippen LogP contribution in [-0.4, -0.2) is 42.1 Å². The van der Waals surface area contributed by atoms with Crippen LogP contribution < -0.4 is 5.73 Å². The van der Waals surface area contributed by atoms with Gasteiger partial charge in [0.1, 0.15) is 12.4 Å². The Morgan fingerprint density at radius 3 is 2.41 bits per heavy atom. The van der Waals surface area contributed by atoms with Crippen molar-refractivity contribution in [2.24, 2.45) is 0 Å². The van der Waals surface area contributed by atoms with Crippen molar-refractivity contribution in [2.75, 3.05) is 12.3 Å². The first-order valence-electron chi connectivity index (χ1n) is 8.58. The first-order chi connectivity index (χ1) is 13.6. The lowest BCUT2D eigenvalue weighted by Gasteiger charge is -2.08. The minimum Gasteiger partial charge on any atom is -0.465 e. The zero-order chi connectivity index (χ0) is 21.3. The van der Waals surface area contributed by atoms with Crippen LogP contribution in [0.3, 0.4) is 0 Å². The number of alkyl halides is 3. The molecule has 0 saturated heterocycles. The van der Waals surface area contributed by atoms with Crippen LogP contribution in [-0.2, 0) is 22.3 Å². The van der Waals surface area contributed by atoms with Gasteiger partial charge in [0, 0.05) is 23.7 Å². The number of ether oxygens (including phenoxy) is 1. The van der Waals surface area contributed by atoms with Crippen LogP contribution in [0.25, 0.3) is 17.1 Å².